The molecule has 2 aliphatic heterocycles. The summed E-state index contributed by atoms with van der Waals surface area (Å²) in [4.78, 5) is 0. The van der Waals surface area contributed by atoms with Crippen molar-refractivity contribution in [2.24, 2.45) is 0 Å². The maximum absolute atomic E-state index is 5.19. The molecule has 2 heterocycles. The first-order valence-electron chi connectivity index (χ1n) is 5.89. The van der Waals surface area contributed by atoms with Gasteiger partial charge in [-0.3, -0.25) is 0 Å². The zero-order valence-corrected chi connectivity index (χ0v) is 11.5. The molecule has 0 bridgehead atoms. The van der Waals surface area contributed by atoms with Crippen LogP contribution in [0, 0.1) is 0 Å². The summed E-state index contributed by atoms with van der Waals surface area (Å²) < 4.78 is 30.0. The van der Waals surface area contributed by atoms with Gasteiger partial charge >= 0.3 is 5.95 Å². The molecule has 0 aromatic carbocycles. The molecule has 0 aromatic rings. The molecule has 106 valence electrons. The highest BCUT2D eigenvalue weighted by atomic mass is 16.9. The molecule has 0 unspecified atom stereocenters. The molecule has 0 spiro atoms. The molecule has 0 amide bonds. The van der Waals surface area contributed by atoms with Gasteiger partial charge in [0, 0.05) is 27.1 Å². The molecule has 1 saturated heterocycles. The first-order chi connectivity index (χ1) is 8.71. The highest BCUT2D eigenvalue weighted by Crippen LogP contribution is 2.26. The molecular weight excluding hydrogens is 240 g/mol. The summed E-state index contributed by atoms with van der Waals surface area (Å²) in [5, 5.41) is 0. The standard InChI is InChI=1S/C6H10O3.C6H12O3/c1-7-5-3-4-9-6(5)8-2;1-7-6(8-2)4-3-5-9-6/h3-4H2,1-2H3;3-5H2,1-2H3. The Kier molecular flexibility index (Phi) is 6.24. The minimum Gasteiger partial charge on any atom is -0.494 e. The quantitative estimate of drug-likeness (QED) is 0.717. The SMILES string of the molecule is COC1(OC)CCCO1.COC1=C(OC)OCC1. The Morgan fingerprint density at radius 2 is 1.72 bits per heavy atom. The lowest BCUT2D eigenvalue weighted by Gasteiger charge is -2.23. The van der Waals surface area contributed by atoms with Crippen LogP contribution in [-0.2, 0) is 28.4 Å². The van der Waals surface area contributed by atoms with E-state index >= 15 is 0 Å². The summed E-state index contributed by atoms with van der Waals surface area (Å²) in [6.07, 6.45) is 2.67. The maximum atomic E-state index is 5.19. The van der Waals surface area contributed by atoms with Gasteiger partial charge in [0.2, 0.25) is 0 Å². The van der Waals surface area contributed by atoms with Crippen LogP contribution < -0.4 is 0 Å². The van der Waals surface area contributed by atoms with Crippen molar-refractivity contribution in [3.8, 4) is 0 Å². The molecule has 1 fully saturated rings. The topological polar surface area (TPSA) is 55.4 Å². The van der Waals surface area contributed by atoms with Gasteiger partial charge in [0.15, 0.2) is 5.76 Å². The Balaban J connectivity index is 0.000000180. The van der Waals surface area contributed by atoms with Crippen LogP contribution in [0.25, 0.3) is 0 Å². The second-order valence-electron chi connectivity index (χ2n) is 3.76. The summed E-state index contributed by atoms with van der Waals surface area (Å²) >= 11 is 0. The molecule has 2 aliphatic rings. The van der Waals surface area contributed by atoms with Crippen molar-refractivity contribution >= 4 is 0 Å². The van der Waals surface area contributed by atoms with E-state index in [1.54, 1.807) is 28.4 Å². The van der Waals surface area contributed by atoms with Crippen molar-refractivity contribution in [3.63, 3.8) is 0 Å². The molecule has 0 radical (unpaired) electrons. The summed E-state index contributed by atoms with van der Waals surface area (Å²) in [6, 6.07) is 0. The summed E-state index contributed by atoms with van der Waals surface area (Å²) in [5.74, 6) is 0.606. The highest BCUT2D eigenvalue weighted by molar-refractivity contribution is 4.99. The molecule has 6 heteroatoms. The third-order valence-electron chi connectivity index (χ3n) is 2.79. The van der Waals surface area contributed by atoms with E-state index in [1.165, 1.54) is 0 Å². The van der Waals surface area contributed by atoms with Crippen LogP contribution in [-0.4, -0.2) is 47.6 Å². The van der Waals surface area contributed by atoms with Gasteiger partial charge < -0.3 is 28.4 Å². The molecule has 0 aromatic heterocycles. The first-order valence-corrected chi connectivity index (χ1v) is 5.89. The second-order valence-corrected chi connectivity index (χ2v) is 3.76. The summed E-state index contributed by atoms with van der Waals surface area (Å²) in [6.45, 7) is 1.41. The van der Waals surface area contributed by atoms with Gasteiger partial charge in [-0.05, 0) is 6.42 Å². The van der Waals surface area contributed by atoms with E-state index in [1.807, 2.05) is 0 Å². The van der Waals surface area contributed by atoms with E-state index in [2.05, 4.69) is 0 Å². The number of hydrogen-bond acceptors (Lipinski definition) is 6. The number of rotatable bonds is 4. The monoisotopic (exact) mass is 262 g/mol. The van der Waals surface area contributed by atoms with Crippen LogP contribution in [0.3, 0.4) is 0 Å². The van der Waals surface area contributed by atoms with Gasteiger partial charge in [0.1, 0.15) is 0 Å². The zero-order valence-electron chi connectivity index (χ0n) is 11.5. The molecule has 0 N–H and O–H groups in total. The Bertz CT molecular complexity index is 250. The molecule has 0 atom stereocenters. The van der Waals surface area contributed by atoms with E-state index < -0.39 is 5.97 Å². The number of hydrogen-bond donors (Lipinski definition) is 0. The van der Waals surface area contributed by atoms with Gasteiger partial charge in [0.25, 0.3) is 5.97 Å². The Hall–Kier alpha value is -0.980. The van der Waals surface area contributed by atoms with Crippen LogP contribution in [0.1, 0.15) is 19.3 Å². The maximum Gasteiger partial charge on any atom is 0.318 e. The molecular formula is C12H22O6. The van der Waals surface area contributed by atoms with Crippen molar-refractivity contribution < 1.29 is 28.4 Å². The molecule has 0 saturated carbocycles. The Morgan fingerprint density at radius 3 is 2.06 bits per heavy atom. The molecule has 2 rings (SSSR count). The Morgan fingerprint density at radius 1 is 1.00 bits per heavy atom. The van der Waals surface area contributed by atoms with Gasteiger partial charge in [-0.15, -0.1) is 0 Å². The zero-order chi connectivity index (χ0) is 13.4. The first kappa shape index (κ1) is 15.1. The normalized spacial score (nSPS) is 21.1. The van der Waals surface area contributed by atoms with Gasteiger partial charge in [-0.1, -0.05) is 0 Å². The van der Waals surface area contributed by atoms with E-state index in [0.29, 0.717) is 12.6 Å². The summed E-state index contributed by atoms with van der Waals surface area (Å²) in [5.41, 5.74) is 0. The average molecular weight is 262 g/mol. The van der Waals surface area contributed by atoms with Crippen LogP contribution in [0.5, 0.6) is 0 Å². The second kappa shape index (κ2) is 7.45. The van der Waals surface area contributed by atoms with Gasteiger partial charge in [-0.25, -0.2) is 0 Å². The lowest BCUT2D eigenvalue weighted by molar-refractivity contribution is -0.340. The minimum atomic E-state index is -0.722. The van der Waals surface area contributed by atoms with Crippen LogP contribution >= 0.6 is 0 Å². The predicted octanol–water partition coefficient (Wildman–Crippen LogP) is 1.61. The molecule has 18 heavy (non-hydrogen) atoms. The van der Waals surface area contributed by atoms with Gasteiger partial charge in [-0.2, -0.15) is 0 Å². The van der Waals surface area contributed by atoms with E-state index in [9.17, 15) is 0 Å². The fraction of sp³-hybridized carbons (Fsp3) is 0.833. The van der Waals surface area contributed by atoms with Crippen molar-refractivity contribution in [2.45, 2.75) is 25.2 Å². The third kappa shape index (κ3) is 3.76. The molecule has 0 aliphatic carbocycles. The van der Waals surface area contributed by atoms with Crippen molar-refractivity contribution in [1.29, 1.82) is 0 Å². The van der Waals surface area contributed by atoms with Crippen molar-refractivity contribution in [1.82, 2.24) is 0 Å². The minimum absolute atomic E-state index is 0.525. The van der Waals surface area contributed by atoms with Crippen LogP contribution in [0.4, 0.5) is 0 Å². The summed E-state index contributed by atoms with van der Waals surface area (Å²) in [7, 11) is 6.37. The van der Waals surface area contributed by atoms with Crippen molar-refractivity contribution in [2.75, 3.05) is 41.7 Å². The van der Waals surface area contributed by atoms with Crippen LogP contribution in [0.2, 0.25) is 0 Å². The van der Waals surface area contributed by atoms with E-state index in [4.69, 9.17) is 28.4 Å². The lowest BCUT2D eigenvalue weighted by atomic mass is 10.3. The number of ether oxygens (including phenoxy) is 6. The van der Waals surface area contributed by atoms with Crippen LogP contribution in [0.15, 0.2) is 11.7 Å². The van der Waals surface area contributed by atoms with Crippen molar-refractivity contribution in [3.05, 3.63) is 11.7 Å². The number of methoxy groups -OCH3 is 4. The van der Waals surface area contributed by atoms with Gasteiger partial charge in [0.05, 0.1) is 27.4 Å². The smallest absolute Gasteiger partial charge is 0.318 e. The fourth-order valence-corrected chi connectivity index (χ4v) is 1.77. The molecule has 6 nitrogen and oxygen atoms in total. The average Bonchev–Trinajstić information content (AvgIpc) is 3.08. The fourth-order valence-electron chi connectivity index (χ4n) is 1.77. The Labute approximate surface area is 108 Å². The predicted molar refractivity (Wildman–Crippen MR) is 63.5 cm³/mol. The lowest BCUT2D eigenvalue weighted by Crippen LogP contribution is -2.31. The highest BCUT2D eigenvalue weighted by Gasteiger charge is 2.34. The van der Waals surface area contributed by atoms with E-state index in [-0.39, 0.29) is 0 Å². The largest absolute Gasteiger partial charge is 0.494 e. The third-order valence-corrected chi connectivity index (χ3v) is 2.79. The van der Waals surface area contributed by atoms with E-state index in [0.717, 1.165) is 31.6 Å².